The number of nitriles is 1. The number of amides is 1. The van der Waals surface area contributed by atoms with Crippen LogP contribution in [-0.2, 0) is 9.53 Å². The highest BCUT2D eigenvalue weighted by Gasteiger charge is 2.12. The van der Waals surface area contributed by atoms with E-state index in [0.717, 1.165) is 38.4 Å². The zero-order valence-corrected chi connectivity index (χ0v) is 13.8. The van der Waals surface area contributed by atoms with Crippen LogP contribution in [-0.4, -0.2) is 50.2 Å². The molecule has 1 heterocycles. The Morgan fingerprint density at radius 2 is 2.21 bits per heavy atom. The summed E-state index contributed by atoms with van der Waals surface area (Å²) in [6.45, 7) is 6.35. The quantitative estimate of drug-likeness (QED) is 0.406. The first-order valence-corrected chi connectivity index (χ1v) is 7.91. The monoisotopic (exact) mass is 329 g/mol. The molecule has 0 unspecified atom stereocenters. The average molecular weight is 329 g/mol. The lowest BCUT2D eigenvalue weighted by Gasteiger charge is -2.26. The standard InChI is InChI=1S/C17H23N5O2/c1-13-2-3-15(19)16(10-13)21-12-14(11-18)17(23)20-4-5-22-6-8-24-9-7-22/h2-3,10,12,21H,4-9,19H2,1H3,(H,20,23)/b14-12-. The van der Waals surface area contributed by atoms with Crippen molar-refractivity contribution in [2.75, 3.05) is 50.4 Å². The Morgan fingerprint density at radius 1 is 1.46 bits per heavy atom. The minimum absolute atomic E-state index is 0.0119. The first-order valence-electron chi connectivity index (χ1n) is 7.91. The molecule has 1 aromatic carbocycles. The molecule has 1 saturated heterocycles. The van der Waals surface area contributed by atoms with Crippen molar-refractivity contribution in [3.63, 3.8) is 0 Å². The van der Waals surface area contributed by atoms with Crippen molar-refractivity contribution < 1.29 is 9.53 Å². The third kappa shape index (κ3) is 5.26. The first-order chi connectivity index (χ1) is 11.6. The zero-order chi connectivity index (χ0) is 17.4. The molecule has 0 spiro atoms. The number of anilines is 2. The highest BCUT2D eigenvalue weighted by molar-refractivity contribution is 5.97. The Morgan fingerprint density at radius 3 is 2.92 bits per heavy atom. The summed E-state index contributed by atoms with van der Waals surface area (Å²) >= 11 is 0. The van der Waals surface area contributed by atoms with Crippen molar-refractivity contribution in [2.45, 2.75) is 6.92 Å². The fraction of sp³-hybridized carbons (Fsp3) is 0.412. The summed E-state index contributed by atoms with van der Waals surface area (Å²) in [6, 6.07) is 7.44. The van der Waals surface area contributed by atoms with Crippen LogP contribution in [0.3, 0.4) is 0 Å². The molecule has 0 aromatic heterocycles. The highest BCUT2D eigenvalue weighted by Crippen LogP contribution is 2.19. The lowest BCUT2D eigenvalue weighted by molar-refractivity contribution is -0.117. The number of hydrogen-bond donors (Lipinski definition) is 3. The summed E-state index contributed by atoms with van der Waals surface area (Å²) in [6.07, 6.45) is 1.38. The van der Waals surface area contributed by atoms with Crippen LogP contribution < -0.4 is 16.4 Å². The maximum absolute atomic E-state index is 12.1. The molecule has 7 heteroatoms. The van der Waals surface area contributed by atoms with Gasteiger partial charge in [-0.3, -0.25) is 9.69 Å². The zero-order valence-electron chi connectivity index (χ0n) is 13.8. The van der Waals surface area contributed by atoms with Crippen molar-refractivity contribution in [3.05, 3.63) is 35.5 Å². The number of carbonyl (C=O) groups excluding carboxylic acids is 1. The van der Waals surface area contributed by atoms with Gasteiger partial charge in [0.25, 0.3) is 5.91 Å². The van der Waals surface area contributed by atoms with Gasteiger partial charge in [-0.15, -0.1) is 0 Å². The van der Waals surface area contributed by atoms with E-state index in [1.165, 1.54) is 6.20 Å². The first kappa shape index (κ1) is 17.8. The molecule has 7 nitrogen and oxygen atoms in total. The van der Waals surface area contributed by atoms with E-state index >= 15 is 0 Å². The van der Waals surface area contributed by atoms with Crippen LogP contribution in [0.2, 0.25) is 0 Å². The van der Waals surface area contributed by atoms with E-state index < -0.39 is 5.91 Å². The molecule has 1 amide bonds. The molecule has 1 aliphatic heterocycles. The van der Waals surface area contributed by atoms with E-state index in [2.05, 4.69) is 15.5 Å². The van der Waals surface area contributed by atoms with Gasteiger partial charge in [0.05, 0.1) is 24.6 Å². The van der Waals surface area contributed by atoms with Crippen LogP contribution in [0, 0.1) is 18.3 Å². The van der Waals surface area contributed by atoms with Crippen LogP contribution in [0.5, 0.6) is 0 Å². The summed E-state index contributed by atoms with van der Waals surface area (Å²) in [5, 5.41) is 14.9. The minimum atomic E-state index is -0.399. The van der Waals surface area contributed by atoms with Gasteiger partial charge in [-0.2, -0.15) is 5.26 Å². The smallest absolute Gasteiger partial charge is 0.263 e. The number of nitrogens with zero attached hydrogens (tertiary/aromatic N) is 2. The topological polar surface area (TPSA) is 103 Å². The van der Waals surface area contributed by atoms with Gasteiger partial charge in [0.15, 0.2) is 0 Å². The predicted molar refractivity (Wildman–Crippen MR) is 93.2 cm³/mol. The maximum atomic E-state index is 12.1. The van der Waals surface area contributed by atoms with E-state index in [9.17, 15) is 4.79 Å². The van der Waals surface area contributed by atoms with Crippen molar-refractivity contribution in [1.29, 1.82) is 5.26 Å². The second-order valence-corrected chi connectivity index (χ2v) is 5.61. The van der Waals surface area contributed by atoms with Crippen LogP contribution in [0.25, 0.3) is 0 Å². The van der Waals surface area contributed by atoms with E-state index in [4.69, 9.17) is 15.7 Å². The molecule has 1 aliphatic rings. The number of rotatable bonds is 6. The third-order valence-electron chi connectivity index (χ3n) is 3.76. The van der Waals surface area contributed by atoms with Crippen molar-refractivity contribution in [1.82, 2.24) is 10.2 Å². The Hall–Kier alpha value is -2.56. The van der Waals surface area contributed by atoms with Crippen molar-refractivity contribution in [2.24, 2.45) is 0 Å². The molecule has 128 valence electrons. The fourth-order valence-corrected chi connectivity index (χ4v) is 2.34. The summed E-state index contributed by atoms with van der Waals surface area (Å²) in [5.41, 5.74) is 8.14. The number of hydrogen-bond acceptors (Lipinski definition) is 6. The normalized spacial score (nSPS) is 15.6. The second kappa shape index (κ2) is 8.91. The highest BCUT2D eigenvalue weighted by atomic mass is 16.5. The number of morpholine rings is 1. The van der Waals surface area contributed by atoms with Gasteiger partial charge in [0.1, 0.15) is 11.6 Å². The number of aryl methyl sites for hydroxylation is 1. The molecule has 0 radical (unpaired) electrons. The van der Waals surface area contributed by atoms with Gasteiger partial charge in [-0.25, -0.2) is 0 Å². The van der Waals surface area contributed by atoms with Crippen LogP contribution >= 0.6 is 0 Å². The number of ether oxygens (including phenoxy) is 1. The van der Waals surface area contributed by atoms with E-state index in [0.29, 0.717) is 17.9 Å². The number of nitrogens with two attached hydrogens (primary N) is 1. The Balaban J connectivity index is 1.86. The lowest BCUT2D eigenvalue weighted by Crippen LogP contribution is -2.41. The fourth-order valence-electron chi connectivity index (χ4n) is 2.34. The van der Waals surface area contributed by atoms with Gasteiger partial charge in [0, 0.05) is 32.4 Å². The Kier molecular flexibility index (Phi) is 6.61. The maximum Gasteiger partial charge on any atom is 0.263 e. The predicted octanol–water partition coefficient (Wildman–Crippen LogP) is 0.845. The number of nitrogen functional groups attached to an aromatic ring is 1. The number of carbonyl (C=O) groups is 1. The van der Waals surface area contributed by atoms with Crippen LogP contribution in [0.15, 0.2) is 30.0 Å². The van der Waals surface area contributed by atoms with Crippen LogP contribution in [0.4, 0.5) is 11.4 Å². The van der Waals surface area contributed by atoms with Gasteiger partial charge >= 0.3 is 0 Å². The molecule has 0 atom stereocenters. The second-order valence-electron chi connectivity index (χ2n) is 5.61. The Labute approximate surface area is 142 Å². The molecule has 1 aromatic rings. The largest absolute Gasteiger partial charge is 0.397 e. The molecule has 24 heavy (non-hydrogen) atoms. The molecule has 4 N–H and O–H groups in total. The van der Waals surface area contributed by atoms with Gasteiger partial charge < -0.3 is 21.1 Å². The van der Waals surface area contributed by atoms with Gasteiger partial charge in [0.2, 0.25) is 0 Å². The SMILES string of the molecule is Cc1ccc(N)c(N/C=C(/C#N)C(=O)NCCN2CCOCC2)c1. The summed E-state index contributed by atoms with van der Waals surface area (Å²) in [7, 11) is 0. The summed E-state index contributed by atoms with van der Waals surface area (Å²) in [5.74, 6) is -0.399. The summed E-state index contributed by atoms with van der Waals surface area (Å²) in [4.78, 5) is 14.3. The molecule has 1 fully saturated rings. The molecule has 0 bridgehead atoms. The molecular formula is C17H23N5O2. The molecule has 2 rings (SSSR count). The van der Waals surface area contributed by atoms with Gasteiger partial charge in [-0.05, 0) is 24.6 Å². The molecular weight excluding hydrogens is 306 g/mol. The summed E-state index contributed by atoms with van der Waals surface area (Å²) < 4.78 is 5.28. The number of nitrogens with one attached hydrogen (secondary N) is 2. The van der Waals surface area contributed by atoms with Crippen molar-refractivity contribution >= 4 is 17.3 Å². The van der Waals surface area contributed by atoms with E-state index in [-0.39, 0.29) is 5.57 Å². The van der Waals surface area contributed by atoms with E-state index in [1.807, 2.05) is 25.1 Å². The average Bonchev–Trinajstić information content (AvgIpc) is 2.59. The number of benzene rings is 1. The van der Waals surface area contributed by atoms with Gasteiger partial charge in [-0.1, -0.05) is 6.07 Å². The molecule has 0 aliphatic carbocycles. The van der Waals surface area contributed by atoms with Crippen LogP contribution in [0.1, 0.15) is 5.56 Å². The molecule has 0 saturated carbocycles. The lowest BCUT2D eigenvalue weighted by atomic mass is 10.2. The minimum Gasteiger partial charge on any atom is -0.397 e. The van der Waals surface area contributed by atoms with Crippen molar-refractivity contribution in [3.8, 4) is 6.07 Å². The Bertz CT molecular complexity index is 645. The van der Waals surface area contributed by atoms with E-state index in [1.54, 1.807) is 6.07 Å². The third-order valence-corrected chi connectivity index (χ3v) is 3.76.